The van der Waals surface area contributed by atoms with Gasteiger partial charge < -0.3 is 10.2 Å². The predicted molar refractivity (Wildman–Crippen MR) is 74.5 cm³/mol. The van der Waals surface area contributed by atoms with E-state index in [4.69, 9.17) is 0 Å². The molecule has 0 bridgehead atoms. The number of pyridine rings is 1. The number of anilines is 1. The third-order valence-electron chi connectivity index (χ3n) is 2.72. The second-order valence-electron chi connectivity index (χ2n) is 4.04. The van der Waals surface area contributed by atoms with Crippen LogP contribution in [-0.2, 0) is 13.0 Å². The van der Waals surface area contributed by atoms with Crippen molar-refractivity contribution in [2.45, 2.75) is 26.8 Å². The van der Waals surface area contributed by atoms with E-state index in [2.05, 4.69) is 47.8 Å². The maximum atomic E-state index is 4.67. The van der Waals surface area contributed by atoms with Crippen LogP contribution in [-0.4, -0.2) is 25.1 Å². The smallest absolute Gasteiger partial charge is 0.129 e. The van der Waals surface area contributed by atoms with Gasteiger partial charge in [-0.05, 0) is 38.1 Å². The number of hydrogen-bond donors (Lipinski definition) is 1. The normalized spacial score (nSPS) is 10.3. The molecule has 0 radical (unpaired) electrons. The minimum Gasteiger partial charge on any atom is -0.353 e. The van der Waals surface area contributed by atoms with Crippen LogP contribution in [0.1, 0.15) is 25.1 Å². The fourth-order valence-electron chi connectivity index (χ4n) is 1.82. The Labute approximate surface area is 105 Å². The third kappa shape index (κ3) is 3.86. The summed E-state index contributed by atoms with van der Waals surface area (Å²) in [5.41, 5.74) is 2.44. The number of aromatic nitrogens is 1. The van der Waals surface area contributed by atoms with Crippen molar-refractivity contribution in [1.82, 2.24) is 10.3 Å². The minimum absolute atomic E-state index is 0.843. The number of likely N-dealkylation sites (N-methyl/N-ethyl adjacent to an activating group) is 1. The third-order valence-corrected chi connectivity index (χ3v) is 2.72. The summed E-state index contributed by atoms with van der Waals surface area (Å²) in [6, 6.07) is 4.32. The standard InChI is InChI=1S/C14H23N3/c1-5-8-17(7-3)14-10-12(11-15-4)9-13(6-2)16-14/h5,9-10,15H,1,6-8,11H2,2-4H3. The minimum atomic E-state index is 0.843. The van der Waals surface area contributed by atoms with Crippen molar-refractivity contribution in [3.63, 3.8) is 0 Å². The van der Waals surface area contributed by atoms with Crippen LogP contribution >= 0.6 is 0 Å². The molecule has 0 aromatic carbocycles. The molecule has 0 saturated carbocycles. The first-order valence-corrected chi connectivity index (χ1v) is 6.25. The summed E-state index contributed by atoms with van der Waals surface area (Å²) in [6.45, 7) is 10.7. The van der Waals surface area contributed by atoms with Crippen LogP contribution in [0, 0.1) is 0 Å². The van der Waals surface area contributed by atoms with Gasteiger partial charge in [0.2, 0.25) is 0 Å². The Kier molecular flexibility index (Phi) is 5.70. The van der Waals surface area contributed by atoms with Gasteiger partial charge in [0.1, 0.15) is 5.82 Å². The van der Waals surface area contributed by atoms with Crippen LogP contribution in [0.5, 0.6) is 0 Å². The van der Waals surface area contributed by atoms with Crippen molar-refractivity contribution in [3.05, 3.63) is 36.0 Å². The lowest BCUT2D eigenvalue weighted by Gasteiger charge is -2.21. The van der Waals surface area contributed by atoms with E-state index in [1.165, 1.54) is 5.56 Å². The summed E-state index contributed by atoms with van der Waals surface area (Å²) >= 11 is 0. The molecule has 0 saturated heterocycles. The van der Waals surface area contributed by atoms with Crippen LogP contribution in [0.15, 0.2) is 24.8 Å². The molecule has 0 aliphatic heterocycles. The van der Waals surface area contributed by atoms with E-state index in [0.29, 0.717) is 0 Å². The van der Waals surface area contributed by atoms with E-state index in [9.17, 15) is 0 Å². The molecule has 3 nitrogen and oxygen atoms in total. The Balaban J connectivity index is 3.03. The van der Waals surface area contributed by atoms with Gasteiger partial charge in [-0.2, -0.15) is 0 Å². The number of nitrogens with zero attached hydrogens (tertiary/aromatic N) is 2. The summed E-state index contributed by atoms with van der Waals surface area (Å²) < 4.78 is 0. The first-order chi connectivity index (χ1) is 8.24. The summed E-state index contributed by atoms with van der Waals surface area (Å²) in [5.74, 6) is 1.05. The molecule has 0 fully saturated rings. The van der Waals surface area contributed by atoms with Crippen LogP contribution in [0.4, 0.5) is 5.82 Å². The highest BCUT2D eigenvalue weighted by Crippen LogP contribution is 2.15. The molecule has 0 aliphatic carbocycles. The molecule has 0 amide bonds. The van der Waals surface area contributed by atoms with E-state index >= 15 is 0 Å². The fourth-order valence-corrected chi connectivity index (χ4v) is 1.82. The molecule has 1 aromatic rings. The molecule has 94 valence electrons. The van der Waals surface area contributed by atoms with Crippen molar-refractivity contribution in [1.29, 1.82) is 0 Å². The molecule has 17 heavy (non-hydrogen) atoms. The molecule has 0 atom stereocenters. The van der Waals surface area contributed by atoms with E-state index in [1.54, 1.807) is 0 Å². The zero-order chi connectivity index (χ0) is 12.7. The average molecular weight is 233 g/mol. The molecule has 1 aromatic heterocycles. The molecule has 0 aliphatic rings. The Morgan fingerprint density at radius 3 is 2.71 bits per heavy atom. The highest BCUT2D eigenvalue weighted by Gasteiger charge is 2.07. The van der Waals surface area contributed by atoms with Gasteiger partial charge in [-0.15, -0.1) is 6.58 Å². The highest BCUT2D eigenvalue weighted by atomic mass is 15.2. The molecular formula is C14H23N3. The molecular weight excluding hydrogens is 210 g/mol. The zero-order valence-electron chi connectivity index (χ0n) is 11.2. The molecule has 1 N–H and O–H groups in total. The lowest BCUT2D eigenvalue weighted by Crippen LogP contribution is -2.24. The second kappa shape index (κ2) is 7.07. The van der Waals surface area contributed by atoms with E-state index in [0.717, 1.165) is 37.6 Å². The second-order valence-corrected chi connectivity index (χ2v) is 4.04. The summed E-state index contributed by atoms with van der Waals surface area (Å²) in [4.78, 5) is 6.90. The topological polar surface area (TPSA) is 28.2 Å². The van der Waals surface area contributed by atoms with Crippen molar-refractivity contribution in [3.8, 4) is 0 Å². The van der Waals surface area contributed by atoms with E-state index in [1.807, 2.05) is 13.1 Å². The van der Waals surface area contributed by atoms with Crippen molar-refractivity contribution < 1.29 is 0 Å². The number of aryl methyl sites for hydroxylation is 1. The Morgan fingerprint density at radius 2 is 2.18 bits per heavy atom. The summed E-state index contributed by atoms with van der Waals surface area (Å²) in [7, 11) is 1.97. The Hall–Kier alpha value is -1.35. The summed E-state index contributed by atoms with van der Waals surface area (Å²) in [6.07, 6.45) is 2.89. The van der Waals surface area contributed by atoms with Gasteiger partial charge in [-0.3, -0.25) is 0 Å². The van der Waals surface area contributed by atoms with Gasteiger partial charge in [-0.1, -0.05) is 13.0 Å². The predicted octanol–water partition coefficient (Wildman–Crippen LogP) is 2.38. The van der Waals surface area contributed by atoms with Crippen LogP contribution < -0.4 is 10.2 Å². The average Bonchev–Trinajstić information content (AvgIpc) is 2.35. The first kappa shape index (κ1) is 13.7. The molecule has 3 heteroatoms. The van der Waals surface area contributed by atoms with Gasteiger partial charge in [0, 0.05) is 25.3 Å². The number of rotatable bonds is 7. The summed E-state index contributed by atoms with van der Waals surface area (Å²) in [5, 5.41) is 3.19. The SMILES string of the molecule is C=CCN(CC)c1cc(CNC)cc(CC)n1. The van der Waals surface area contributed by atoms with Crippen LogP contribution in [0.2, 0.25) is 0 Å². The van der Waals surface area contributed by atoms with Gasteiger partial charge >= 0.3 is 0 Å². The Morgan fingerprint density at radius 1 is 1.41 bits per heavy atom. The van der Waals surface area contributed by atoms with Crippen LogP contribution in [0.25, 0.3) is 0 Å². The molecule has 0 unspecified atom stereocenters. The number of nitrogens with one attached hydrogen (secondary N) is 1. The van der Waals surface area contributed by atoms with E-state index < -0.39 is 0 Å². The molecule has 0 spiro atoms. The molecule has 1 rings (SSSR count). The first-order valence-electron chi connectivity index (χ1n) is 6.25. The van der Waals surface area contributed by atoms with Gasteiger partial charge in [-0.25, -0.2) is 4.98 Å². The van der Waals surface area contributed by atoms with Crippen molar-refractivity contribution in [2.24, 2.45) is 0 Å². The zero-order valence-corrected chi connectivity index (χ0v) is 11.2. The van der Waals surface area contributed by atoms with Gasteiger partial charge in [0.25, 0.3) is 0 Å². The maximum Gasteiger partial charge on any atom is 0.129 e. The lowest BCUT2D eigenvalue weighted by atomic mass is 10.2. The quantitative estimate of drug-likeness (QED) is 0.733. The lowest BCUT2D eigenvalue weighted by molar-refractivity contribution is 0.803. The monoisotopic (exact) mass is 233 g/mol. The van der Waals surface area contributed by atoms with E-state index in [-0.39, 0.29) is 0 Å². The van der Waals surface area contributed by atoms with Gasteiger partial charge in [0.05, 0.1) is 0 Å². The largest absolute Gasteiger partial charge is 0.353 e. The number of hydrogen-bond acceptors (Lipinski definition) is 3. The van der Waals surface area contributed by atoms with Crippen molar-refractivity contribution in [2.75, 3.05) is 25.0 Å². The fraction of sp³-hybridized carbons (Fsp3) is 0.500. The highest BCUT2D eigenvalue weighted by molar-refractivity contribution is 5.43. The maximum absolute atomic E-state index is 4.67. The Bertz CT molecular complexity index is 360. The van der Waals surface area contributed by atoms with Crippen molar-refractivity contribution >= 4 is 5.82 Å². The molecule has 1 heterocycles. The van der Waals surface area contributed by atoms with Gasteiger partial charge in [0.15, 0.2) is 0 Å². The van der Waals surface area contributed by atoms with Crippen LogP contribution in [0.3, 0.4) is 0 Å².